The van der Waals surface area contributed by atoms with Gasteiger partial charge in [-0.05, 0) is 24.3 Å². The Kier molecular flexibility index (Phi) is 6.20. The molecule has 5 nitrogen and oxygen atoms in total. The molecule has 0 fully saturated rings. The number of nitrogens with zero attached hydrogens (tertiary/aromatic N) is 1. The highest BCUT2D eigenvalue weighted by Gasteiger charge is 2.38. The lowest BCUT2D eigenvalue weighted by molar-refractivity contribution is -0.192. The first-order valence-electron chi connectivity index (χ1n) is 6.01. The van der Waals surface area contributed by atoms with Crippen molar-refractivity contribution >= 4 is 23.4 Å². The Bertz CT molecular complexity index is 673. The van der Waals surface area contributed by atoms with E-state index in [1.54, 1.807) is 19.2 Å². The second-order valence-corrected chi connectivity index (χ2v) is 4.54. The van der Waals surface area contributed by atoms with Crippen molar-refractivity contribution in [2.24, 2.45) is 0 Å². The van der Waals surface area contributed by atoms with Crippen LogP contribution in [0.3, 0.4) is 0 Å². The number of carboxylic acid groups (broad SMARTS) is 1. The topological polar surface area (TPSA) is 85.4 Å². The van der Waals surface area contributed by atoms with Gasteiger partial charge in [-0.1, -0.05) is 23.7 Å². The fraction of sp³-hybridized carbons (Fsp3) is 0.143. The average molecular weight is 349 g/mol. The number of hydrogen-bond donors (Lipinski definition) is 2. The van der Waals surface area contributed by atoms with E-state index in [1.807, 2.05) is 24.3 Å². The molecular weight excluding hydrogens is 337 g/mol. The maximum Gasteiger partial charge on any atom is 0.490 e. The van der Waals surface area contributed by atoms with Gasteiger partial charge < -0.3 is 15.6 Å². The number of rotatable bonds is 2. The molecule has 2 aromatic rings. The van der Waals surface area contributed by atoms with Gasteiger partial charge in [0, 0.05) is 10.6 Å². The van der Waals surface area contributed by atoms with Crippen molar-refractivity contribution in [3.05, 3.63) is 41.4 Å². The normalized spacial score (nSPS) is 10.5. The lowest BCUT2D eigenvalue weighted by atomic mass is 10.1. The number of hydrogen-bond acceptors (Lipinski definition) is 4. The van der Waals surface area contributed by atoms with Crippen LogP contribution in [0.4, 0.5) is 19.0 Å². The Balaban J connectivity index is 0.000000322. The Morgan fingerprint density at radius 3 is 2.35 bits per heavy atom. The van der Waals surface area contributed by atoms with Gasteiger partial charge in [-0.3, -0.25) is 0 Å². The highest BCUT2D eigenvalue weighted by atomic mass is 35.5. The van der Waals surface area contributed by atoms with Crippen LogP contribution in [0.25, 0.3) is 11.3 Å². The summed E-state index contributed by atoms with van der Waals surface area (Å²) < 4.78 is 37.0. The van der Waals surface area contributed by atoms with Crippen LogP contribution in [0.1, 0.15) is 0 Å². The molecule has 3 N–H and O–H groups in total. The third-order valence-corrected chi connectivity index (χ3v) is 2.65. The van der Waals surface area contributed by atoms with Crippen molar-refractivity contribution < 1.29 is 27.8 Å². The number of ether oxygens (including phenoxy) is 1. The SMILES string of the molecule is COc1ccccc1-c1cc(Cl)cc(N)n1.O=C(O)C(F)(F)F. The minimum absolute atomic E-state index is 0.397. The maximum atomic E-state index is 10.6. The van der Waals surface area contributed by atoms with E-state index >= 15 is 0 Å². The molecule has 1 aromatic heterocycles. The highest BCUT2D eigenvalue weighted by Crippen LogP contribution is 2.30. The van der Waals surface area contributed by atoms with E-state index in [-0.39, 0.29) is 0 Å². The zero-order valence-electron chi connectivity index (χ0n) is 11.8. The van der Waals surface area contributed by atoms with Crippen LogP contribution >= 0.6 is 11.6 Å². The minimum Gasteiger partial charge on any atom is -0.496 e. The summed E-state index contributed by atoms with van der Waals surface area (Å²) in [7, 11) is 1.62. The van der Waals surface area contributed by atoms with Crippen LogP contribution in [0.15, 0.2) is 36.4 Å². The number of methoxy groups -OCH3 is 1. The molecule has 0 unspecified atom stereocenters. The van der Waals surface area contributed by atoms with E-state index in [4.69, 9.17) is 32.0 Å². The fourth-order valence-corrected chi connectivity index (χ4v) is 1.73. The molecule has 0 saturated carbocycles. The largest absolute Gasteiger partial charge is 0.496 e. The lowest BCUT2D eigenvalue weighted by Gasteiger charge is -2.08. The van der Waals surface area contributed by atoms with Crippen molar-refractivity contribution in [2.75, 3.05) is 12.8 Å². The summed E-state index contributed by atoms with van der Waals surface area (Å²) in [5.74, 6) is -1.61. The van der Waals surface area contributed by atoms with Crippen LogP contribution in [0, 0.1) is 0 Å². The second-order valence-electron chi connectivity index (χ2n) is 4.10. The monoisotopic (exact) mass is 348 g/mol. The molecule has 9 heteroatoms. The van der Waals surface area contributed by atoms with Crippen LogP contribution in [-0.2, 0) is 4.79 Å². The van der Waals surface area contributed by atoms with Crippen molar-refractivity contribution in [2.45, 2.75) is 6.18 Å². The van der Waals surface area contributed by atoms with Crippen LogP contribution in [0.5, 0.6) is 5.75 Å². The molecule has 0 aliphatic carbocycles. The molecule has 2 rings (SSSR count). The van der Waals surface area contributed by atoms with Gasteiger partial charge in [-0.25, -0.2) is 9.78 Å². The summed E-state index contributed by atoms with van der Waals surface area (Å²) in [4.78, 5) is 13.1. The minimum atomic E-state index is -5.08. The van der Waals surface area contributed by atoms with Crippen molar-refractivity contribution in [3.63, 3.8) is 0 Å². The van der Waals surface area contributed by atoms with Crippen LogP contribution in [-0.4, -0.2) is 29.3 Å². The quantitative estimate of drug-likeness (QED) is 0.865. The smallest absolute Gasteiger partial charge is 0.490 e. The predicted octanol–water partition coefficient (Wildman–Crippen LogP) is 3.63. The number of anilines is 1. The Labute approximate surface area is 134 Å². The van der Waals surface area contributed by atoms with Crippen molar-refractivity contribution in [3.8, 4) is 17.0 Å². The van der Waals surface area contributed by atoms with Gasteiger partial charge in [0.15, 0.2) is 0 Å². The van der Waals surface area contributed by atoms with E-state index < -0.39 is 12.1 Å². The number of para-hydroxylation sites is 1. The molecule has 1 aromatic carbocycles. The molecule has 0 spiro atoms. The van der Waals surface area contributed by atoms with Gasteiger partial charge in [0.05, 0.1) is 12.8 Å². The molecule has 0 aliphatic heterocycles. The fourth-order valence-electron chi connectivity index (χ4n) is 1.51. The van der Waals surface area contributed by atoms with Crippen LogP contribution < -0.4 is 10.5 Å². The third-order valence-electron chi connectivity index (χ3n) is 2.44. The summed E-state index contributed by atoms with van der Waals surface area (Å²) in [6.07, 6.45) is -5.08. The number of aromatic nitrogens is 1. The molecular formula is C14H12ClF3N2O3. The number of nitrogens with two attached hydrogens (primary N) is 1. The number of aliphatic carboxylic acids is 1. The predicted molar refractivity (Wildman–Crippen MR) is 79.3 cm³/mol. The number of halogens is 4. The van der Waals surface area contributed by atoms with E-state index in [2.05, 4.69) is 4.98 Å². The van der Waals surface area contributed by atoms with E-state index in [9.17, 15) is 13.2 Å². The number of carbonyl (C=O) groups is 1. The standard InChI is InChI=1S/C12H11ClN2O.C2HF3O2/c1-16-11-5-3-2-4-9(11)10-6-8(13)7-12(14)15-10;3-2(4,5)1(6)7/h2-7H,1H3,(H2,14,15);(H,6,7). The van der Waals surface area contributed by atoms with E-state index in [0.29, 0.717) is 16.5 Å². The summed E-state index contributed by atoms with van der Waals surface area (Å²) in [6, 6.07) is 11.0. The summed E-state index contributed by atoms with van der Waals surface area (Å²) >= 11 is 5.93. The van der Waals surface area contributed by atoms with E-state index in [0.717, 1.165) is 11.3 Å². The number of nitrogen functional groups attached to an aromatic ring is 1. The third kappa shape index (κ3) is 5.67. The molecule has 0 saturated heterocycles. The lowest BCUT2D eigenvalue weighted by Crippen LogP contribution is -2.21. The summed E-state index contributed by atoms with van der Waals surface area (Å²) in [5, 5.41) is 7.69. The van der Waals surface area contributed by atoms with Gasteiger partial charge in [0.2, 0.25) is 0 Å². The zero-order chi connectivity index (χ0) is 17.6. The van der Waals surface area contributed by atoms with Gasteiger partial charge >= 0.3 is 12.1 Å². The van der Waals surface area contributed by atoms with E-state index in [1.165, 1.54) is 0 Å². The number of pyridine rings is 1. The number of alkyl halides is 3. The van der Waals surface area contributed by atoms with Crippen LogP contribution in [0.2, 0.25) is 5.02 Å². The molecule has 0 atom stereocenters. The first-order valence-corrected chi connectivity index (χ1v) is 6.39. The molecule has 0 amide bonds. The Hall–Kier alpha value is -2.48. The molecule has 124 valence electrons. The Morgan fingerprint density at radius 1 is 1.30 bits per heavy atom. The van der Waals surface area contributed by atoms with Gasteiger partial charge in [-0.15, -0.1) is 0 Å². The van der Waals surface area contributed by atoms with Gasteiger partial charge in [-0.2, -0.15) is 13.2 Å². The number of benzene rings is 1. The van der Waals surface area contributed by atoms with Gasteiger partial charge in [0.1, 0.15) is 11.6 Å². The van der Waals surface area contributed by atoms with Crippen molar-refractivity contribution in [1.29, 1.82) is 0 Å². The summed E-state index contributed by atoms with van der Waals surface area (Å²) in [6.45, 7) is 0. The second kappa shape index (κ2) is 7.68. The molecule has 23 heavy (non-hydrogen) atoms. The van der Waals surface area contributed by atoms with Crippen molar-refractivity contribution in [1.82, 2.24) is 4.98 Å². The summed E-state index contributed by atoms with van der Waals surface area (Å²) in [5.41, 5.74) is 7.24. The first kappa shape index (κ1) is 18.6. The zero-order valence-corrected chi connectivity index (χ0v) is 12.5. The van der Waals surface area contributed by atoms with Gasteiger partial charge in [0.25, 0.3) is 0 Å². The molecule has 0 aliphatic rings. The molecule has 1 heterocycles. The Morgan fingerprint density at radius 2 is 1.87 bits per heavy atom. The number of carboxylic acids is 1. The first-order chi connectivity index (χ1) is 10.6. The maximum absolute atomic E-state index is 10.6. The molecule has 0 radical (unpaired) electrons. The molecule has 0 bridgehead atoms. The highest BCUT2D eigenvalue weighted by molar-refractivity contribution is 6.31. The average Bonchev–Trinajstić information content (AvgIpc) is 2.45.